The van der Waals surface area contributed by atoms with E-state index >= 15 is 0 Å². The molecule has 2 fully saturated rings. The summed E-state index contributed by atoms with van der Waals surface area (Å²) in [5.41, 5.74) is 5.10. The summed E-state index contributed by atoms with van der Waals surface area (Å²) < 4.78 is 6.17. The number of nitrogens with zero attached hydrogens (tertiary/aromatic N) is 3. The Hall–Kier alpha value is -3.19. The van der Waals surface area contributed by atoms with Crippen molar-refractivity contribution in [2.45, 2.75) is 77.2 Å². The normalized spacial score (nSPS) is 20.0. The van der Waals surface area contributed by atoms with E-state index in [1.54, 1.807) is 0 Å². The average Bonchev–Trinajstić information content (AvgIpc) is 3.68. The average molecular weight is 600 g/mol. The second-order valence-electron chi connectivity index (χ2n) is 12.8. The Balaban J connectivity index is 1.19. The predicted molar refractivity (Wildman–Crippen MR) is 171 cm³/mol. The fourth-order valence-electron chi connectivity index (χ4n) is 6.80. The van der Waals surface area contributed by atoms with Gasteiger partial charge in [0.2, 0.25) is 5.91 Å². The number of hydrogen-bond donors (Lipinski definition) is 1. The van der Waals surface area contributed by atoms with Crippen LogP contribution in [0.2, 0.25) is 5.02 Å². The minimum absolute atomic E-state index is 0.158. The lowest BCUT2D eigenvalue weighted by Gasteiger charge is -2.32. The van der Waals surface area contributed by atoms with Crippen molar-refractivity contribution in [3.8, 4) is 5.75 Å². The molecule has 1 saturated carbocycles. The van der Waals surface area contributed by atoms with Crippen LogP contribution in [0.15, 0.2) is 66.9 Å². The van der Waals surface area contributed by atoms with Crippen LogP contribution in [0, 0.1) is 5.92 Å². The molecular formula is C36H42ClN3O3. The Kier molecular flexibility index (Phi) is 8.90. The van der Waals surface area contributed by atoms with Gasteiger partial charge in [0.1, 0.15) is 12.4 Å². The third-order valence-corrected chi connectivity index (χ3v) is 9.51. The van der Waals surface area contributed by atoms with Crippen LogP contribution in [0.25, 0.3) is 5.57 Å². The van der Waals surface area contributed by atoms with Gasteiger partial charge in [0.25, 0.3) is 0 Å². The number of amides is 1. The third kappa shape index (κ3) is 6.82. The van der Waals surface area contributed by atoms with E-state index in [4.69, 9.17) is 16.3 Å². The number of benzene rings is 2. The second-order valence-corrected chi connectivity index (χ2v) is 13.2. The minimum Gasteiger partial charge on any atom is -0.487 e. The van der Waals surface area contributed by atoms with E-state index in [-0.39, 0.29) is 12.0 Å². The first kappa shape index (κ1) is 29.9. The van der Waals surface area contributed by atoms with E-state index in [0.717, 1.165) is 102 Å². The third-order valence-electron chi connectivity index (χ3n) is 9.26. The van der Waals surface area contributed by atoms with Crippen molar-refractivity contribution in [1.82, 2.24) is 14.8 Å². The summed E-state index contributed by atoms with van der Waals surface area (Å²) in [6, 6.07) is 18.2. The Morgan fingerprint density at radius 1 is 1.12 bits per heavy atom. The summed E-state index contributed by atoms with van der Waals surface area (Å²) in [5, 5.41) is 11.5. The van der Waals surface area contributed by atoms with Crippen LogP contribution in [0.3, 0.4) is 0 Å². The fraction of sp³-hybridized carbons (Fsp3) is 0.444. The Bertz CT molecular complexity index is 1470. The molecule has 0 spiro atoms. The van der Waals surface area contributed by atoms with E-state index < -0.39 is 5.60 Å². The number of ether oxygens (including phenoxy) is 1. The number of likely N-dealkylation sites (tertiary alicyclic amines) is 1. The zero-order chi connectivity index (χ0) is 30.0. The summed E-state index contributed by atoms with van der Waals surface area (Å²) in [4.78, 5) is 23.0. The summed E-state index contributed by atoms with van der Waals surface area (Å²) in [7, 11) is 0. The van der Waals surface area contributed by atoms with Crippen LogP contribution in [0.5, 0.6) is 5.75 Å². The van der Waals surface area contributed by atoms with Gasteiger partial charge in [-0.1, -0.05) is 54.8 Å². The standard InChI is InChI=1S/C36H42ClN3O3/c1-36(2,42)27-13-16-34-32(21-27)30(31-9-5-18-38-33(31)24-43-34)10-6-19-39-20-17-29(23-39)40(35(41)26-7-3-4-8-26)22-25-11-14-28(37)15-12-25/h5,9-16,18,21,26,29,42H,3-4,6-8,17,19-20,22-24H2,1-2H3. The van der Waals surface area contributed by atoms with Gasteiger partial charge in [-0.05, 0) is 86.6 Å². The largest absolute Gasteiger partial charge is 0.487 e. The van der Waals surface area contributed by atoms with E-state index in [0.29, 0.717) is 19.1 Å². The molecule has 1 aliphatic carbocycles. The molecular weight excluding hydrogens is 558 g/mol. The van der Waals surface area contributed by atoms with Crippen LogP contribution in [0.4, 0.5) is 0 Å². The molecule has 1 saturated heterocycles. The molecule has 2 aromatic carbocycles. The SMILES string of the molecule is CC(C)(O)c1ccc2c(c1)C(=CCCN1CCC(N(Cc3ccc(Cl)cc3)C(=O)C3CCCC3)C1)c1cccnc1CO2. The topological polar surface area (TPSA) is 65.9 Å². The number of rotatable bonds is 8. The molecule has 226 valence electrons. The monoisotopic (exact) mass is 599 g/mol. The highest BCUT2D eigenvalue weighted by atomic mass is 35.5. The highest BCUT2D eigenvalue weighted by Crippen LogP contribution is 2.39. The van der Waals surface area contributed by atoms with Gasteiger partial charge in [-0.15, -0.1) is 0 Å². The summed E-state index contributed by atoms with van der Waals surface area (Å²) in [6.07, 6.45) is 10.3. The molecule has 7 heteroatoms. The lowest BCUT2D eigenvalue weighted by molar-refractivity contribution is -0.138. The summed E-state index contributed by atoms with van der Waals surface area (Å²) >= 11 is 6.14. The second kappa shape index (κ2) is 12.8. The summed E-state index contributed by atoms with van der Waals surface area (Å²) in [5.74, 6) is 1.29. The fourth-order valence-corrected chi connectivity index (χ4v) is 6.92. The molecule has 1 amide bonds. The minimum atomic E-state index is -0.956. The molecule has 1 aromatic heterocycles. The Morgan fingerprint density at radius 2 is 1.91 bits per heavy atom. The van der Waals surface area contributed by atoms with E-state index in [1.807, 2.05) is 62.5 Å². The van der Waals surface area contributed by atoms with Crippen LogP contribution in [-0.2, 0) is 23.5 Å². The van der Waals surface area contributed by atoms with Crippen molar-refractivity contribution in [2.75, 3.05) is 19.6 Å². The number of aromatic nitrogens is 1. The smallest absolute Gasteiger partial charge is 0.226 e. The predicted octanol–water partition coefficient (Wildman–Crippen LogP) is 6.97. The number of pyridine rings is 1. The number of carbonyl (C=O) groups excluding carboxylic acids is 1. The van der Waals surface area contributed by atoms with Gasteiger partial charge in [-0.25, -0.2) is 0 Å². The highest BCUT2D eigenvalue weighted by molar-refractivity contribution is 6.30. The van der Waals surface area contributed by atoms with Crippen molar-refractivity contribution in [1.29, 1.82) is 0 Å². The molecule has 3 heterocycles. The van der Waals surface area contributed by atoms with Gasteiger partial charge in [-0.2, -0.15) is 0 Å². The molecule has 1 N–H and O–H groups in total. The van der Waals surface area contributed by atoms with Gasteiger partial charge in [0, 0.05) is 60.5 Å². The number of hydrogen-bond acceptors (Lipinski definition) is 5. The molecule has 3 aliphatic rings. The van der Waals surface area contributed by atoms with Crippen molar-refractivity contribution >= 4 is 23.1 Å². The quantitative estimate of drug-likeness (QED) is 0.303. The summed E-state index contributed by atoms with van der Waals surface area (Å²) in [6.45, 7) is 7.43. The van der Waals surface area contributed by atoms with Gasteiger partial charge in [-0.3, -0.25) is 9.78 Å². The number of carbonyl (C=O) groups is 1. The molecule has 6 nitrogen and oxygen atoms in total. The van der Waals surface area contributed by atoms with Gasteiger partial charge in [0.15, 0.2) is 0 Å². The first-order chi connectivity index (χ1) is 20.8. The molecule has 1 atom stereocenters. The Labute approximate surface area is 260 Å². The van der Waals surface area contributed by atoms with Crippen LogP contribution in [0.1, 0.15) is 80.3 Å². The van der Waals surface area contributed by atoms with Crippen molar-refractivity contribution in [3.05, 3.63) is 99.8 Å². The number of halogens is 1. The van der Waals surface area contributed by atoms with Crippen molar-refractivity contribution in [3.63, 3.8) is 0 Å². The maximum atomic E-state index is 13.7. The number of aliphatic hydroxyl groups is 1. The van der Waals surface area contributed by atoms with Crippen LogP contribution in [-0.4, -0.2) is 51.5 Å². The highest BCUT2D eigenvalue weighted by Gasteiger charge is 2.35. The molecule has 0 bridgehead atoms. The van der Waals surface area contributed by atoms with Gasteiger partial charge >= 0.3 is 0 Å². The maximum absolute atomic E-state index is 13.7. The zero-order valence-electron chi connectivity index (χ0n) is 25.3. The Morgan fingerprint density at radius 3 is 2.67 bits per heavy atom. The molecule has 3 aromatic rings. The zero-order valence-corrected chi connectivity index (χ0v) is 26.0. The molecule has 43 heavy (non-hydrogen) atoms. The van der Waals surface area contributed by atoms with E-state index in [1.165, 1.54) is 0 Å². The lowest BCUT2D eigenvalue weighted by atomic mass is 9.90. The van der Waals surface area contributed by atoms with Crippen molar-refractivity contribution in [2.24, 2.45) is 5.92 Å². The molecule has 1 unspecified atom stereocenters. The number of fused-ring (bicyclic) bond motifs is 2. The maximum Gasteiger partial charge on any atom is 0.226 e. The lowest BCUT2D eigenvalue weighted by Crippen LogP contribution is -2.44. The van der Waals surface area contributed by atoms with Gasteiger partial charge in [0.05, 0.1) is 11.3 Å². The molecule has 0 radical (unpaired) electrons. The van der Waals surface area contributed by atoms with Crippen LogP contribution >= 0.6 is 11.6 Å². The molecule has 6 rings (SSSR count). The van der Waals surface area contributed by atoms with Gasteiger partial charge < -0.3 is 19.6 Å². The van der Waals surface area contributed by atoms with Crippen molar-refractivity contribution < 1.29 is 14.6 Å². The van der Waals surface area contributed by atoms with E-state index in [9.17, 15) is 9.90 Å². The first-order valence-electron chi connectivity index (χ1n) is 15.7. The first-order valence-corrected chi connectivity index (χ1v) is 16.1. The molecule has 2 aliphatic heterocycles. The van der Waals surface area contributed by atoms with E-state index in [2.05, 4.69) is 33.0 Å². The van der Waals surface area contributed by atoms with Crippen LogP contribution < -0.4 is 4.74 Å².